The van der Waals surface area contributed by atoms with Crippen LogP contribution in [0.3, 0.4) is 0 Å². The molecule has 1 aliphatic heterocycles. The Labute approximate surface area is 205 Å². The van der Waals surface area contributed by atoms with Crippen molar-refractivity contribution in [1.29, 1.82) is 0 Å². The quantitative estimate of drug-likeness (QED) is 0.513. The first-order valence-electron chi connectivity index (χ1n) is 10.6. The molecule has 3 aromatic rings. The Balaban J connectivity index is 1.59. The fourth-order valence-corrected chi connectivity index (χ4v) is 5.03. The van der Waals surface area contributed by atoms with E-state index in [1.165, 1.54) is 43.5 Å². The van der Waals surface area contributed by atoms with E-state index >= 15 is 0 Å². The number of rotatable bonds is 6. The molecule has 0 aromatic heterocycles. The van der Waals surface area contributed by atoms with Crippen molar-refractivity contribution >= 4 is 27.3 Å². The Kier molecular flexibility index (Phi) is 6.72. The second-order valence-corrected chi connectivity index (χ2v) is 9.71. The molecule has 1 N–H and O–H groups in total. The highest BCUT2D eigenvalue weighted by Gasteiger charge is 2.38. The second-order valence-electron chi connectivity index (χ2n) is 7.85. The Bertz CT molecular complexity index is 1360. The van der Waals surface area contributed by atoms with Gasteiger partial charge in [-0.05, 0) is 73.2 Å². The number of sulfonamides is 1. The first-order valence-corrected chi connectivity index (χ1v) is 12.0. The number of carbonyl (C=O) groups is 1. The van der Waals surface area contributed by atoms with E-state index in [0.29, 0.717) is 5.75 Å². The van der Waals surface area contributed by atoms with E-state index < -0.39 is 34.1 Å². The Hall–Kier alpha value is -3.93. The molecule has 0 aliphatic carbocycles. The van der Waals surface area contributed by atoms with Crippen molar-refractivity contribution in [2.45, 2.75) is 24.3 Å². The predicted octanol–water partition coefficient (Wildman–Crippen LogP) is 4.50. The van der Waals surface area contributed by atoms with Gasteiger partial charge in [-0.15, -0.1) is 13.2 Å². The molecule has 4 rings (SSSR count). The molecule has 0 fully saturated rings. The highest BCUT2D eigenvalue weighted by Crippen LogP contribution is 2.38. The smallest absolute Gasteiger partial charge is 0.497 e. The number of hydrogen-bond donors (Lipinski definition) is 1. The van der Waals surface area contributed by atoms with Gasteiger partial charge in [0.15, 0.2) is 6.10 Å². The molecule has 1 atom stereocenters. The number of halogens is 3. The van der Waals surface area contributed by atoms with Gasteiger partial charge in [-0.1, -0.05) is 6.07 Å². The normalized spacial score (nSPS) is 15.5. The number of amides is 1. The molecule has 0 radical (unpaired) electrons. The fourth-order valence-electron chi connectivity index (χ4n) is 3.56. The van der Waals surface area contributed by atoms with Gasteiger partial charge in [-0.3, -0.25) is 9.10 Å². The van der Waals surface area contributed by atoms with Crippen LogP contribution in [0, 0.1) is 6.92 Å². The minimum Gasteiger partial charge on any atom is -0.497 e. The molecule has 3 aromatic carbocycles. The number of benzene rings is 3. The molecule has 190 valence electrons. The third kappa shape index (κ3) is 5.48. The monoisotopic (exact) mass is 522 g/mol. The van der Waals surface area contributed by atoms with Crippen LogP contribution in [-0.2, 0) is 14.8 Å². The summed E-state index contributed by atoms with van der Waals surface area (Å²) in [6.45, 7) is 1.47. The number of methoxy groups -OCH3 is 1. The summed E-state index contributed by atoms with van der Waals surface area (Å²) in [5.41, 5.74) is 1.25. The number of hydrogen-bond acceptors (Lipinski definition) is 6. The summed E-state index contributed by atoms with van der Waals surface area (Å²) < 4.78 is 80.0. The molecule has 0 saturated heterocycles. The van der Waals surface area contributed by atoms with E-state index in [-0.39, 0.29) is 28.6 Å². The summed E-state index contributed by atoms with van der Waals surface area (Å²) in [5, 5.41) is 2.53. The van der Waals surface area contributed by atoms with Crippen molar-refractivity contribution in [2.24, 2.45) is 0 Å². The molecule has 1 amide bonds. The molecule has 1 heterocycles. The van der Waals surface area contributed by atoms with Gasteiger partial charge in [0.2, 0.25) is 0 Å². The lowest BCUT2D eigenvalue weighted by Gasteiger charge is -2.35. The molecule has 1 aliphatic rings. The highest BCUT2D eigenvalue weighted by molar-refractivity contribution is 7.92. The topological polar surface area (TPSA) is 94.2 Å². The predicted molar refractivity (Wildman–Crippen MR) is 125 cm³/mol. The van der Waals surface area contributed by atoms with Gasteiger partial charge in [-0.25, -0.2) is 8.42 Å². The molecule has 0 saturated carbocycles. The maximum Gasteiger partial charge on any atom is 0.573 e. The number of nitrogens with one attached hydrogen (secondary N) is 1. The van der Waals surface area contributed by atoms with Crippen molar-refractivity contribution in [2.75, 3.05) is 23.3 Å². The third-order valence-electron chi connectivity index (χ3n) is 5.28. The van der Waals surface area contributed by atoms with Crippen LogP contribution in [-0.4, -0.2) is 40.4 Å². The summed E-state index contributed by atoms with van der Waals surface area (Å²) in [7, 11) is -2.62. The minimum absolute atomic E-state index is 0.00272. The third-order valence-corrected chi connectivity index (χ3v) is 7.07. The zero-order chi connectivity index (χ0) is 26.1. The van der Waals surface area contributed by atoms with Crippen LogP contribution in [0.1, 0.15) is 5.56 Å². The number of aryl methyl sites for hydroxylation is 1. The molecular formula is C24H21F3N2O6S. The van der Waals surface area contributed by atoms with E-state index in [2.05, 4.69) is 10.1 Å². The maximum atomic E-state index is 13.5. The number of anilines is 2. The second kappa shape index (κ2) is 9.61. The van der Waals surface area contributed by atoms with Crippen molar-refractivity contribution in [3.05, 3.63) is 72.3 Å². The molecule has 8 nitrogen and oxygen atoms in total. The van der Waals surface area contributed by atoms with Crippen LogP contribution in [0.5, 0.6) is 17.2 Å². The summed E-state index contributed by atoms with van der Waals surface area (Å²) in [4.78, 5) is 13.0. The summed E-state index contributed by atoms with van der Waals surface area (Å²) in [6.07, 6.45) is -6.08. The van der Waals surface area contributed by atoms with Crippen molar-refractivity contribution < 1.29 is 40.6 Å². The lowest BCUT2D eigenvalue weighted by Crippen LogP contribution is -2.48. The van der Waals surface area contributed by atoms with E-state index in [4.69, 9.17) is 9.47 Å². The fraction of sp³-hybridized carbons (Fsp3) is 0.208. The van der Waals surface area contributed by atoms with Crippen molar-refractivity contribution in [3.63, 3.8) is 0 Å². The van der Waals surface area contributed by atoms with Crippen LogP contribution < -0.4 is 23.8 Å². The SMILES string of the molecule is COc1ccc(S(=O)(=O)N2CC(C(=O)Nc3ccc(OC(F)(F)F)cc3)Oc3ccc(C)cc32)cc1. The van der Waals surface area contributed by atoms with Crippen molar-refractivity contribution in [3.8, 4) is 17.2 Å². The Morgan fingerprint density at radius 1 is 1.03 bits per heavy atom. The molecule has 0 bridgehead atoms. The summed E-state index contributed by atoms with van der Waals surface area (Å²) in [6, 6.07) is 15.3. The molecule has 1 unspecified atom stereocenters. The van der Waals surface area contributed by atoms with Crippen LogP contribution in [0.15, 0.2) is 71.6 Å². The van der Waals surface area contributed by atoms with Gasteiger partial charge in [0.05, 0.1) is 24.2 Å². The van der Waals surface area contributed by atoms with Crippen LogP contribution in [0.2, 0.25) is 0 Å². The number of nitrogens with zero attached hydrogens (tertiary/aromatic N) is 1. The van der Waals surface area contributed by atoms with Gasteiger partial charge >= 0.3 is 6.36 Å². The van der Waals surface area contributed by atoms with Crippen LogP contribution in [0.25, 0.3) is 0 Å². The first kappa shape index (κ1) is 25.2. The number of alkyl halides is 3. The van der Waals surface area contributed by atoms with Gasteiger partial charge in [0.1, 0.15) is 17.2 Å². The summed E-state index contributed by atoms with van der Waals surface area (Å²) in [5.74, 6) is -0.454. The number of fused-ring (bicyclic) bond motifs is 1. The van der Waals surface area contributed by atoms with E-state index in [1.807, 2.05) is 0 Å². The molecule has 0 spiro atoms. The molecule has 12 heteroatoms. The van der Waals surface area contributed by atoms with Crippen LogP contribution >= 0.6 is 0 Å². The maximum absolute atomic E-state index is 13.5. The standard InChI is InChI=1S/C24H21F3N2O6S/c1-15-3-12-21-20(13-15)29(36(31,32)19-10-8-17(33-2)9-11-19)14-22(34-21)23(30)28-16-4-6-18(7-5-16)35-24(25,26)27/h3-13,22H,14H2,1-2H3,(H,28,30). The highest BCUT2D eigenvalue weighted by atomic mass is 32.2. The Morgan fingerprint density at radius 3 is 2.28 bits per heavy atom. The van der Waals surface area contributed by atoms with Gasteiger partial charge in [0, 0.05) is 5.69 Å². The largest absolute Gasteiger partial charge is 0.573 e. The Morgan fingerprint density at radius 2 is 1.67 bits per heavy atom. The molecule has 36 heavy (non-hydrogen) atoms. The number of ether oxygens (including phenoxy) is 3. The van der Waals surface area contributed by atoms with E-state index in [9.17, 15) is 26.4 Å². The lowest BCUT2D eigenvalue weighted by atomic mass is 10.1. The average molecular weight is 523 g/mol. The van der Waals surface area contributed by atoms with Gasteiger partial charge in [0.25, 0.3) is 15.9 Å². The lowest BCUT2D eigenvalue weighted by molar-refractivity contribution is -0.274. The molecular weight excluding hydrogens is 501 g/mol. The first-order chi connectivity index (χ1) is 17.0. The van der Waals surface area contributed by atoms with Gasteiger partial charge < -0.3 is 19.5 Å². The summed E-state index contributed by atoms with van der Waals surface area (Å²) >= 11 is 0. The minimum atomic E-state index is -4.84. The zero-order valence-corrected chi connectivity index (χ0v) is 19.9. The van der Waals surface area contributed by atoms with E-state index in [0.717, 1.165) is 22.0 Å². The average Bonchev–Trinajstić information content (AvgIpc) is 2.83. The number of carbonyl (C=O) groups excluding carboxylic acids is 1. The van der Waals surface area contributed by atoms with Crippen LogP contribution in [0.4, 0.5) is 24.5 Å². The zero-order valence-electron chi connectivity index (χ0n) is 19.1. The van der Waals surface area contributed by atoms with Crippen molar-refractivity contribution in [1.82, 2.24) is 0 Å². The van der Waals surface area contributed by atoms with Gasteiger partial charge in [-0.2, -0.15) is 0 Å². The van der Waals surface area contributed by atoms with E-state index in [1.54, 1.807) is 25.1 Å².